The summed E-state index contributed by atoms with van der Waals surface area (Å²) in [6.07, 6.45) is 0.0567. The molecule has 2 aromatic rings. The molecule has 0 radical (unpaired) electrons. The number of rotatable bonds is 4. The van der Waals surface area contributed by atoms with Crippen LogP contribution in [0.15, 0.2) is 46.0 Å². The van der Waals surface area contributed by atoms with Crippen LogP contribution in [0.25, 0.3) is 0 Å². The standard InChI is InChI=1S/C14H13FN2O3S2/c15-10-3-1-4-12(7-10)17-9-11(8-13(17)18)16-22(19,20)14-5-2-6-21-14/h1-7,11,16H,8-9H2/t11-/m0/s1. The predicted molar refractivity (Wildman–Crippen MR) is 81.8 cm³/mol. The van der Waals surface area contributed by atoms with Gasteiger partial charge in [-0.2, -0.15) is 0 Å². The van der Waals surface area contributed by atoms with E-state index < -0.39 is 21.9 Å². The Kier molecular flexibility index (Phi) is 3.98. The Labute approximate surface area is 131 Å². The second kappa shape index (κ2) is 5.79. The van der Waals surface area contributed by atoms with Gasteiger partial charge in [-0.3, -0.25) is 4.79 Å². The Bertz CT molecular complexity index is 790. The molecule has 1 N–H and O–H groups in total. The predicted octanol–water partition coefficient (Wildman–Crippen LogP) is 1.97. The zero-order valence-corrected chi connectivity index (χ0v) is 13.0. The molecule has 0 unspecified atom stereocenters. The average molecular weight is 340 g/mol. The smallest absolute Gasteiger partial charge is 0.250 e. The Hall–Kier alpha value is -1.77. The van der Waals surface area contributed by atoms with Crippen molar-refractivity contribution in [1.29, 1.82) is 0 Å². The molecule has 2 heterocycles. The summed E-state index contributed by atoms with van der Waals surface area (Å²) in [6.45, 7) is 0.187. The molecule has 0 aliphatic carbocycles. The number of halogens is 1. The van der Waals surface area contributed by atoms with Crippen LogP contribution in [0, 0.1) is 5.82 Å². The molecular weight excluding hydrogens is 327 g/mol. The highest BCUT2D eigenvalue weighted by Gasteiger charge is 2.33. The molecule has 1 aliphatic heterocycles. The number of carbonyl (C=O) groups excluding carboxylic acids is 1. The second-order valence-electron chi connectivity index (χ2n) is 4.94. The Morgan fingerprint density at radius 1 is 1.27 bits per heavy atom. The zero-order chi connectivity index (χ0) is 15.7. The molecule has 116 valence electrons. The number of nitrogens with one attached hydrogen (secondary N) is 1. The maximum Gasteiger partial charge on any atom is 0.250 e. The average Bonchev–Trinajstić information content (AvgIpc) is 3.08. The molecule has 1 aromatic carbocycles. The number of hydrogen-bond donors (Lipinski definition) is 1. The van der Waals surface area contributed by atoms with Crippen molar-refractivity contribution >= 4 is 33.0 Å². The van der Waals surface area contributed by atoms with E-state index in [2.05, 4.69) is 4.72 Å². The van der Waals surface area contributed by atoms with E-state index in [1.165, 1.54) is 29.2 Å². The fourth-order valence-electron chi connectivity index (χ4n) is 2.37. The monoisotopic (exact) mass is 340 g/mol. The van der Waals surface area contributed by atoms with Crippen molar-refractivity contribution in [2.45, 2.75) is 16.7 Å². The van der Waals surface area contributed by atoms with Crippen molar-refractivity contribution in [3.05, 3.63) is 47.6 Å². The molecular formula is C14H13FN2O3S2. The molecule has 1 saturated heterocycles. The first kappa shape index (κ1) is 15.1. The molecule has 1 aromatic heterocycles. The minimum atomic E-state index is -3.62. The topological polar surface area (TPSA) is 66.5 Å². The summed E-state index contributed by atoms with van der Waals surface area (Å²) in [5.41, 5.74) is 0.433. The Morgan fingerprint density at radius 3 is 2.77 bits per heavy atom. The SMILES string of the molecule is O=C1C[C@H](NS(=O)(=O)c2cccs2)CN1c1cccc(F)c1. The van der Waals surface area contributed by atoms with Crippen LogP contribution in [0.3, 0.4) is 0 Å². The second-order valence-corrected chi connectivity index (χ2v) is 7.83. The molecule has 5 nitrogen and oxygen atoms in total. The molecule has 1 aliphatic rings. The van der Waals surface area contributed by atoms with Crippen molar-refractivity contribution in [2.24, 2.45) is 0 Å². The van der Waals surface area contributed by atoms with E-state index in [-0.39, 0.29) is 23.1 Å². The van der Waals surface area contributed by atoms with Crippen molar-refractivity contribution in [2.75, 3.05) is 11.4 Å². The maximum atomic E-state index is 13.3. The number of sulfonamides is 1. The lowest BCUT2D eigenvalue weighted by molar-refractivity contribution is -0.117. The minimum Gasteiger partial charge on any atom is -0.311 e. The van der Waals surface area contributed by atoms with Gasteiger partial charge in [0.15, 0.2) is 0 Å². The summed E-state index contributed by atoms with van der Waals surface area (Å²) in [5.74, 6) is -0.669. The number of thiophene rings is 1. The van der Waals surface area contributed by atoms with Crippen LogP contribution in [0.1, 0.15) is 6.42 Å². The van der Waals surface area contributed by atoms with Crippen LogP contribution < -0.4 is 9.62 Å². The van der Waals surface area contributed by atoms with Crippen molar-refractivity contribution in [1.82, 2.24) is 4.72 Å². The first-order valence-corrected chi connectivity index (χ1v) is 8.94. The summed E-state index contributed by atoms with van der Waals surface area (Å²) in [6, 6.07) is 8.32. The van der Waals surface area contributed by atoms with Gasteiger partial charge in [0.1, 0.15) is 10.0 Å². The van der Waals surface area contributed by atoms with Crippen molar-refractivity contribution < 1.29 is 17.6 Å². The maximum absolute atomic E-state index is 13.3. The van der Waals surface area contributed by atoms with Gasteiger partial charge in [0.25, 0.3) is 0 Å². The molecule has 0 bridgehead atoms. The summed E-state index contributed by atoms with van der Waals surface area (Å²) < 4.78 is 40.3. The van der Waals surface area contributed by atoms with E-state index >= 15 is 0 Å². The van der Waals surface area contributed by atoms with Crippen LogP contribution in [-0.4, -0.2) is 26.9 Å². The van der Waals surface area contributed by atoms with Gasteiger partial charge in [0.2, 0.25) is 15.9 Å². The van der Waals surface area contributed by atoms with Crippen LogP contribution in [0.2, 0.25) is 0 Å². The van der Waals surface area contributed by atoms with Gasteiger partial charge in [-0.25, -0.2) is 17.5 Å². The highest BCUT2D eigenvalue weighted by Crippen LogP contribution is 2.24. The molecule has 1 amide bonds. The number of carbonyl (C=O) groups is 1. The van der Waals surface area contributed by atoms with Gasteiger partial charge in [-0.15, -0.1) is 11.3 Å². The highest BCUT2D eigenvalue weighted by molar-refractivity contribution is 7.91. The van der Waals surface area contributed by atoms with Gasteiger partial charge in [0.05, 0.1) is 0 Å². The van der Waals surface area contributed by atoms with Crippen LogP contribution >= 0.6 is 11.3 Å². The third-order valence-corrected chi connectivity index (χ3v) is 6.24. The van der Waals surface area contributed by atoms with E-state index in [1.807, 2.05) is 0 Å². The molecule has 1 atom stereocenters. The van der Waals surface area contributed by atoms with Gasteiger partial charge < -0.3 is 4.90 Å². The Balaban J connectivity index is 1.75. The van der Waals surface area contributed by atoms with E-state index in [1.54, 1.807) is 17.5 Å². The number of amides is 1. The molecule has 0 saturated carbocycles. The van der Waals surface area contributed by atoms with Crippen LogP contribution in [-0.2, 0) is 14.8 Å². The third-order valence-electron chi connectivity index (χ3n) is 3.33. The fraction of sp³-hybridized carbons (Fsp3) is 0.214. The summed E-state index contributed by atoms with van der Waals surface area (Å²) in [5, 5.41) is 1.67. The zero-order valence-electron chi connectivity index (χ0n) is 11.4. The van der Waals surface area contributed by atoms with Crippen molar-refractivity contribution in [3.8, 4) is 0 Å². The number of hydrogen-bond acceptors (Lipinski definition) is 4. The summed E-state index contributed by atoms with van der Waals surface area (Å²) >= 11 is 1.11. The summed E-state index contributed by atoms with van der Waals surface area (Å²) in [7, 11) is -3.62. The lowest BCUT2D eigenvalue weighted by atomic mass is 10.3. The molecule has 0 spiro atoms. The molecule has 3 rings (SSSR count). The molecule has 1 fully saturated rings. The van der Waals surface area contributed by atoms with Gasteiger partial charge >= 0.3 is 0 Å². The van der Waals surface area contributed by atoms with Crippen LogP contribution in [0.4, 0.5) is 10.1 Å². The van der Waals surface area contributed by atoms with E-state index in [4.69, 9.17) is 0 Å². The minimum absolute atomic E-state index is 0.0567. The van der Waals surface area contributed by atoms with E-state index in [0.717, 1.165) is 11.3 Å². The largest absolute Gasteiger partial charge is 0.311 e. The fourth-order valence-corrected chi connectivity index (χ4v) is 4.61. The van der Waals surface area contributed by atoms with E-state index in [9.17, 15) is 17.6 Å². The number of benzene rings is 1. The van der Waals surface area contributed by atoms with Crippen molar-refractivity contribution in [3.63, 3.8) is 0 Å². The van der Waals surface area contributed by atoms with Gasteiger partial charge in [0, 0.05) is 24.7 Å². The normalized spacial score (nSPS) is 18.9. The van der Waals surface area contributed by atoms with Crippen LogP contribution in [0.5, 0.6) is 0 Å². The third kappa shape index (κ3) is 3.03. The first-order valence-electron chi connectivity index (χ1n) is 6.57. The quantitative estimate of drug-likeness (QED) is 0.925. The number of anilines is 1. The summed E-state index contributed by atoms with van der Waals surface area (Å²) in [4.78, 5) is 13.4. The van der Waals surface area contributed by atoms with Gasteiger partial charge in [-0.1, -0.05) is 12.1 Å². The number of nitrogens with zero attached hydrogens (tertiary/aromatic N) is 1. The van der Waals surface area contributed by atoms with Gasteiger partial charge in [-0.05, 0) is 29.6 Å². The molecule has 22 heavy (non-hydrogen) atoms. The lowest BCUT2D eigenvalue weighted by Crippen LogP contribution is -2.36. The Morgan fingerprint density at radius 2 is 2.09 bits per heavy atom. The molecule has 8 heteroatoms. The first-order chi connectivity index (χ1) is 10.5. The highest BCUT2D eigenvalue weighted by atomic mass is 32.2. The van der Waals surface area contributed by atoms with E-state index in [0.29, 0.717) is 5.69 Å². The lowest BCUT2D eigenvalue weighted by Gasteiger charge is -2.17.